The minimum atomic E-state index is -0.0751. The normalized spacial score (nSPS) is 11.4. The summed E-state index contributed by atoms with van der Waals surface area (Å²) in [4.78, 5) is 8.32. The minimum absolute atomic E-state index is 0.0751. The average Bonchev–Trinajstić information content (AvgIpc) is 2.30. The van der Waals surface area contributed by atoms with Gasteiger partial charge in [-0.25, -0.2) is 9.97 Å². The van der Waals surface area contributed by atoms with Gasteiger partial charge in [0.15, 0.2) is 0 Å². The van der Waals surface area contributed by atoms with Crippen molar-refractivity contribution in [2.75, 3.05) is 0 Å². The van der Waals surface area contributed by atoms with Crippen LogP contribution in [-0.4, -0.2) is 9.97 Å². The SMILES string of the molecule is Cc1ccccc1C(C)(C)c1ccncn1. The van der Waals surface area contributed by atoms with E-state index in [9.17, 15) is 0 Å². The Morgan fingerprint density at radius 2 is 1.81 bits per heavy atom. The number of hydrogen-bond donors (Lipinski definition) is 0. The maximum absolute atomic E-state index is 4.36. The monoisotopic (exact) mass is 212 g/mol. The van der Waals surface area contributed by atoms with Crippen molar-refractivity contribution in [2.24, 2.45) is 0 Å². The van der Waals surface area contributed by atoms with Gasteiger partial charge in [-0.15, -0.1) is 0 Å². The van der Waals surface area contributed by atoms with Gasteiger partial charge in [0.2, 0.25) is 0 Å². The van der Waals surface area contributed by atoms with Crippen molar-refractivity contribution in [3.8, 4) is 0 Å². The molecule has 0 saturated carbocycles. The Morgan fingerprint density at radius 1 is 1.06 bits per heavy atom. The van der Waals surface area contributed by atoms with Crippen molar-refractivity contribution in [3.05, 3.63) is 59.7 Å². The van der Waals surface area contributed by atoms with E-state index in [2.05, 4.69) is 55.0 Å². The van der Waals surface area contributed by atoms with E-state index in [1.165, 1.54) is 11.1 Å². The van der Waals surface area contributed by atoms with E-state index in [1.807, 2.05) is 6.07 Å². The highest BCUT2D eigenvalue weighted by atomic mass is 14.8. The average molecular weight is 212 g/mol. The van der Waals surface area contributed by atoms with Gasteiger partial charge in [0, 0.05) is 11.6 Å². The van der Waals surface area contributed by atoms with Crippen molar-refractivity contribution < 1.29 is 0 Å². The molecular formula is C14H16N2. The fourth-order valence-corrected chi connectivity index (χ4v) is 2.07. The summed E-state index contributed by atoms with van der Waals surface area (Å²) in [5.41, 5.74) is 3.59. The van der Waals surface area contributed by atoms with Crippen LogP contribution in [0.1, 0.15) is 30.7 Å². The second-order valence-corrected chi connectivity index (χ2v) is 4.53. The highest BCUT2D eigenvalue weighted by molar-refractivity contribution is 5.38. The third kappa shape index (κ3) is 1.83. The largest absolute Gasteiger partial charge is 0.245 e. The zero-order valence-electron chi connectivity index (χ0n) is 9.94. The quantitative estimate of drug-likeness (QED) is 0.764. The van der Waals surface area contributed by atoms with E-state index in [-0.39, 0.29) is 5.41 Å². The Morgan fingerprint density at radius 3 is 2.44 bits per heavy atom. The third-order valence-corrected chi connectivity index (χ3v) is 3.04. The standard InChI is InChI=1S/C14H16N2/c1-11-6-4-5-7-12(11)14(2,3)13-8-9-15-10-16-13/h4-10H,1-3H3. The van der Waals surface area contributed by atoms with Crippen molar-refractivity contribution in [1.82, 2.24) is 9.97 Å². The third-order valence-electron chi connectivity index (χ3n) is 3.04. The Bertz CT molecular complexity index is 475. The van der Waals surface area contributed by atoms with Crippen LogP contribution in [0.3, 0.4) is 0 Å². The van der Waals surface area contributed by atoms with Crippen LogP contribution in [0.5, 0.6) is 0 Å². The predicted octanol–water partition coefficient (Wildman–Crippen LogP) is 3.11. The number of benzene rings is 1. The first-order valence-corrected chi connectivity index (χ1v) is 5.45. The lowest BCUT2D eigenvalue weighted by Gasteiger charge is -2.26. The molecule has 16 heavy (non-hydrogen) atoms. The highest BCUT2D eigenvalue weighted by Crippen LogP contribution is 2.31. The molecule has 0 aliphatic rings. The molecule has 2 rings (SSSR count). The molecular weight excluding hydrogens is 196 g/mol. The number of nitrogens with zero attached hydrogens (tertiary/aromatic N) is 2. The van der Waals surface area contributed by atoms with Gasteiger partial charge in [0.1, 0.15) is 6.33 Å². The lowest BCUT2D eigenvalue weighted by Crippen LogP contribution is -2.21. The van der Waals surface area contributed by atoms with Gasteiger partial charge in [-0.2, -0.15) is 0 Å². The fourth-order valence-electron chi connectivity index (χ4n) is 2.07. The smallest absolute Gasteiger partial charge is 0.115 e. The maximum Gasteiger partial charge on any atom is 0.115 e. The van der Waals surface area contributed by atoms with Gasteiger partial charge in [-0.1, -0.05) is 38.1 Å². The Labute approximate surface area is 96.4 Å². The molecule has 0 aliphatic carbocycles. The zero-order valence-corrected chi connectivity index (χ0v) is 9.94. The highest BCUT2D eigenvalue weighted by Gasteiger charge is 2.25. The van der Waals surface area contributed by atoms with Gasteiger partial charge in [-0.05, 0) is 24.1 Å². The summed E-state index contributed by atoms with van der Waals surface area (Å²) in [6, 6.07) is 10.4. The van der Waals surface area contributed by atoms with E-state index < -0.39 is 0 Å². The summed E-state index contributed by atoms with van der Waals surface area (Å²) in [5.74, 6) is 0. The Balaban J connectivity index is 2.51. The van der Waals surface area contributed by atoms with Crippen LogP contribution in [0.15, 0.2) is 42.9 Å². The molecule has 2 aromatic rings. The van der Waals surface area contributed by atoms with Crippen molar-refractivity contribution in [2.45, 2.75) is 26.2 Å². The van der Waals surface area contributed by atoms with E-state index >= 15 is 0 Å². The van der Waals surface area contributed by atoms with Crippen LogP contribution in [0.2, 0.25) is 0 Å². The minimum Gasteiger partial charge on any atom is -0.245 e. The lowest BCUT2D eigenvalue weighted by molar-refractivity contribution is 0.610. The predicted molar refractivity (Wildman–Crippen MR) is 65.3 cm³/mol. The first-order valence-electron chi connectivity index (χ1n) is 5.45. The molecule has 82 valence electrons. The molecule has 1 aromatic carbocycles. The van der Waals surface area contributed by atoms with Crippen molar-refractivity contribution in [3.63, 3.8) is 0 Å². The fraction of sp³-hybridized carbons (Fsp3) is 0.286. The molecule has 0 spiro atoms. The topological polar surface area (TPSA) is 25.8 Å². The molecule has 0 bridgehead atoms. The van der Waals surface area contributed by atoms with Crippen LogP contribution < -0.4 is 0 Å². The van der Waals surface area contributed by atoms with E-state index in [4.69, 9.17) is 0 Å². The molecule has 0 atom stereocenters. The first kappa shape index (κ1) is 10.8. The number of hydrogen-bond acceptors (Lipinski definition) is 2. The molecule has 0 saturated heterocycles. The second kappa shape index (κ2) is 4.05. The number of aryl methyl sites for hydroxylation is 1. The Hall–Kier alpha value is -1.70. The molecule has 0 radical (unpaired) electrons. The van der Waals surface area contributed by atoms with Gasteiger partial charge in [-0.3, -0.25) is 0 Å². The molecule has 0 N–H and O–H groups in total. The summed E-state index contributed by atoms with van der Waals surface area (Å²) in [6.07, 6.45) is 3.40. The van der Waals surface area contributed by atoms with Gasteiger partial charge >= 0.3 is 0 Å². The molecule has 2 heteroatoms. The Kier molecular flexibility index (Phi) is 2.73. The van der Waals surface area contributed by atoms with E-state index in [1.54, 1.807) is 12.5 Å². The van der Waals surface area contributed by atoms with Crippen LogP contribution in [0.25, 0.3) is 0 Å². The van der Waals surface area contributed by atoms with Crippen molar-refractivity contribution in [1.29, 1.82) is 0 Å². The second-order valence-electron chi connectivity index (χ2n) is 4.53. The number of rotatable bonds is 2. The van der Waals surface area contributed by atoms with Crippen LogP contribution in [0.4, 0.5) is 0 Å². The van der Waals surface area contributed by atoms with Gasteiger partial charge < -0.3 is 0 Å². The summed E-state index contributed by atoms with van der Waals surface area (Å²) >= 11 is 0. The van der Waals surface area contributed by atoms with Gasteiger partial charge in [0.05, 0.1) is 5.69 Å². The summed E-state index contributed by atoms with van der Waals surface area (Å²) in [5, 5.41) is 0. The summed E-state index contributed by atoms with van der Waals surface area (Å²) in [6.45, 7) is 6.52. The molecule has 0 aliphatic heterocycles. The summed E-state index contributed by atoms with van der Waals surface area (Å²) < 4.78 is 0. The van der Waals surface area contributed by atoms with E-state index in [0.717, 1.165) is 5.69 Å². The van der Waals surface area contributed by atoms with Crippen LogP contribution in [-0.2, 0) is 5.41 Å². The molecule has 1 aromatic heterocycles. The van der Waals surface area contributed by atoms with Gasteiger partial charge in [0.25, 0.3) is 0 Å². The molecule has 2 nitrogen and oxygen atoms in total. The summed E-state index contributed by atoms with van der Waals surface area (Å²) in [7, 11) is 0. The number of aromatic nitrogens is 2. The van der Waals surface area contributed by atoms with Crippen LogP contribution in [0, 0.1) is 6.92 Å². The lowest BCUT2D eigenvalue weighted by atomic mass is 9.79. The molecule has 1 heterocycles. The van der Waals surface area contributed by atoms with Crippen LogP contribution >= 0.6 is 0 Å². The molecule has 0 unspecified atom stereocenters. The first-order chi connectivity index (χ1) is 7.62. The van der Waals surface area contributed by atoms with Crippen molar-refractivity contribution >= 4 is 0 Å². The molecule has 0 fully saturated rings. The molecule has 0 amide bonds. The zero-order chi connectivity index (χ0) is 11.6. The maximum atomic E-state index is 4.36. The van der Waals surface area contributed by atoms with E-state index in [0.29, 0.717) is 0 Å².